The van der Waals surface area contributed by atoms with E-state index in [0.29, 0.717) is 16.6 Å². The summed E-state index contributed by atoms with van der Waals surface area (Å²) in [6.07, 6.45) is 3.39. The molecule has 1 N–H and O–H groups in total. The second kappa shape index (κ2) is 6.29. The van der Waals surface area contributed by atoms with Crippen LogP contribution in [0.5, 0.6) is 0 Å². The molecular weight excluding hydrogens is 260 g/mol. The number of nitrogens with zero attached hydrogens (tertiary/aromatic N) is 1. The summed E-state index contributed by atoms with van der Waals surface area (Å²) in [5.41, 5.74) is 1.55. The van der Waals surface area contributed by atoms with E-state index in [-0.39, 0.29) is 5.91 Å². The monoisotopic (exact) mass is 280 g/mol. The van der Waals surface area contributed by atoms with Gasteiger partial charge in [0, 0.05) is 29.8 Å². The summed E-state index contributed by atoms with van der Waals surface area (Å²) in [4.78, 5) is 14.7. The first-order chi connectivity index (χ1) is 9.13. The van der Waals surface area contributed by atoms with Crippen LogP contribution in [0.15, 0.2) is 18.2 Å². The number of benzene rings is 1. The number of hydrogen-bond acceptors (Lipinski definition) is 2. The maximum absolute atomic E-state index is 12.7. The Hall–Kier alpha value is -1.22. The van der Waals surface area contributed by atoms with E-state index in [4.69, 9.17) is 11.6 Å². The second-order valence-corrected chi connectivity index (χ2v) is 5.50. The summed E-state index contributed by atoms with van der Waals surface area (Å²) in [6.45, 7) is 5.77. The normalized spacial score (nSPS) is 19.3. The van der Waals surface area contributed by atoms with Crippen LogP contribution in [0.2, 0.25) is 5.02 Å². The predicted molar refractivity (Wildman–Crippen MR) is 80.0 cm³/mol. The SMILES string of the molecule is CCNc1ccc(Cl)cc1C(=O)N1CCCCC1C. The van der Waals surface area contributed by atoms with Gasteiger partial charge in [-0.05, 0) is 51.3 Å². The van der Waals surface area contributed by atoms with Crippen molar-refractivity contribution in [2.45, 2.75) is 39.2 Å². The third kappa shape index (κ3) is 3.21. The zero-order valence-corrected chi connectivity index (χ0v) is 12.3. The standard InChI is InChI=1S/C15H21ClN2O/c1-3-17-14-8-7-12(16)10-13(14)15(19)18-9-5-4-6-11(18)2/h7-8,10-11,17H,3-6,9H2,1-2H3. The van der Waals surface area contributed by atoms with Crippen molar-refractivity contribution in [2.75, 3.05) is 18.4 Å². The first-order valence-electron chi connectivity index (χ1n) is 6.98. The number of carbonyl (C=O) groups is 1. The van der Waals surface area contributed by atoms with E-state index >= 15 is 0 Å². The Bertz CT molecular complexity index is 461. The van der Waals surface area contributed by atoms with Crippen LogP contribution in [0.4, 0.5) is 5.69 Å². The molecule has 19 heavy (non-hydrogen) atoms. The molecular formula is C15H21ClN2O. The van der Waals surface area contributed by atoms with Crippen LogP contribution in [0, 0.1) is 0 Å². The van der Waals surface area contributed by atoms with Gasteiger partial charge in [0.05, 0.1) is 5.56 Å². The van der Waals surface area contributed by atoms with E-state index in [1.54, 1.807) is 6.07 Å². The Morgan fingerprint density at radius 3 is 2.95 bits per heavy atom. The van der Waals surface area contributed by atoms with Crippen molar-refractivity contribution in [3.05, 3.63) is 28.8 Å². The van der Waals surface area contributed by atoms with E-state index in [0.717, 1.165) is 31.6 Å². The predicted octanol–water partition coefficient (Wildman–Crippen LogP) is 3.79. The third-order valence-corrected chi connectivity index (χ3v) is 3.88. The van der Waals surface area contributed by atoms with Gasteiger partial charge in [-0.1, -0.05) is 11.6 Å². The van der Waals surface area contributed by atoms with Gasteiger partial charge in [-0.2, -0.15) is 0 Å². The highest BCUT2D eigenvalue weighted by atomic mass is 35.5. The van der Waals surface area contributed by atoms with Gasteiger partial charge in [-0.15, -0.1) is 0 Å². The van der Waals surface area contributed by atoms with Crippen molar-refractivity contribution in [3.63, 3.8) is 0 Å². The minimum Gasteiger partial charge on any atom is -0.385 e. The molecule has 1 aliphatic rings. The van der Waals surface area contributed by atoms with Gasteiger partial charge >= 0.3 is 0 Å². The summed E-state index contributed by atoms with van der Waals surface area (Å²) < 4.78 is 0. The summed E-state index contributed by atoms with van der Waals surface area (Å²) >= 11 is 6.04. The van der Waals surface area contributed by atoms with Crippen LogP contribution < -0.4 is 5.32 Å². The minimum absolute atomic E-state index is 0.0886. The molecule has 1 aromatic rings. The Kier molecular flexibility index (Phi) is 4.70. The number of halogens is 1. The van der Waals surface area contributed by atoms with Crippen LogP contribution in [0.1, 0.15) is 43.5 Å². The number of likely N-dealkylation sites (tertiary alicyclic amines) is 1. The molecule has 1 amide bonds. The average Bonchev–Trinajstić information content (AvgIpc) is 2.41. The number of amides is 1. The molecule has 1 aromatic carbocycles. The molecule has 104 valence electrons. The largest absolute Gasteiger partial charge is 0.385 e. The van der Waals surface area contributed by atoms with Crippen molar-refractivity contribution in [1.29, 1.82) is 0 Å². The molecule has 0 bridgehead atoms. The topological polar surface area (TPSA) is 32.3 Å². The quantitative estimate of drug-likeness (QED) is 0.914. The number of anilines is 1. The van der Waals surface area contributed by atoms with Crippen LogP contribution in [-0.2, 0) is 0 Å². The highest BCUT2D eigenvalue weighted by molar-refractivity contribution is 6.31. The number of hydrogen-bond donors (Lipinski definition) is 1. The Morgan fingerprint density at radius 1 is 1.47 bits per heavy atom. The first kappa shape index (κ1) is 14.2. The summed E-state index contributed by atoms with van der Waals surface area (Å²) in [6, 6.07) is 5.78. The third-order valence-electron chi connectivity index (χ3n) is 3.64. The zero-order chi connectivity index (χ0) is 13.8. The lowest BCUT2D eigenvalue weighted by Gasteiger charge is -2.34. The van der Waals surface area contributed by atoms with Crippen LogP contribution in [-0.4, -0.2) is 29.9 Å². The molecule has 1 aliphatic heterocycles. The summed E-state index contributed by atoms with van der Waals surface area (Å²) in [5, 5.41) is 3.84. The summed E-state index contributed by atoms with van der Waals surface area (Å²) in [5.74, 6) is 0.0886. The Labute approximate surface area is 119 Å². The lowest BCUT2D eigenvalue weighted by molar-refractivity contribution is 0.0636. The number of carbonyl (C=O) groups excluding carboxylic acids is 1. The van der Waals surface area contributed by atoms with E-state index in [1.807, 2.05) is 24.0 Å². The first-order valence-corrected chi connectivity index (χ1v) is 7.35. The van der Waals surface area contributed by atoms with Crippen molar-refractivity contribution in [1.82, 2.24) is 4.90 Å². The van der Waals surface area contributed by atoms with Crippen LogP contribution in [0.25, 0.3) is 0 Å². The Morgan fingerprint density at radius 2 is 2.26 bits per heavy atom. The summed E-state index contributed by atoms with van der Waals surface area (Å²) in [7, 11) is 0. The maximum Gasteiger partial charge on any atom is 0.256 e. The van der Waals surface area contributed by atoms with Gasteiger partial charge < -0.3 is 10.2 Å². The van der Waals surface area contributed by atoms with Gasteiger partial charge in [-0.25, -0.2) is 0 Å². The molecule has 1 fully saturated rings. The minimum atomic E-state index is 0.0886. The smallest absolute Gasteiger partial charge is 0.256 e. The molecule has 1 heterocycles. The lowest BCUT2D eigenvalue weighted by atomic mass is 10.0. The van der Waals surface area contributed by atoms with Crippen molar-refractivity contribution >= 4 is 23.2 Å². The molecule has 0 spiro atoms. The number of rotatable bonds is 3. The zero-order valence-electron chi connectivity index (χ0n) is 11.6. The highest BCUT2D eigenvalue weighted by Crippen LogP contribution is 2.25. The molecule has 1 atom stereocenters. The molecule has 1 saturated heterocycles. The number of nitrogens with one attached hydrogen (secondary N) is 1. The van der Waals surface area contributed by atoms with Gasteiger partial charge in [0.1, 0.15) is 0 Å². The molecule has 0 aliphatic carbocycles. The fourth-order valence-electron chi connectivity index (χ4n) is 2.59. The van der Waals surface area contributed by atoms with E-state index in [1.165, 1.54) is 6.42 Å². The van der Waals surface area contributed by atoms with Crippen LogP contribution >= 0.6 is 11.6 Å². The van der Waals surface area contributed by atoms with Crippen LogP contribution in [0.3, 0.4) is 0 Å². The van der Waals surface area contributed by atoms with E-state index in [2.05, 4.69) is 12.2 Å². The van der Waals surface area contributed by atoms with Crippen molar-refractivity contribution < 1.29 is 4.79 Å². The fourth-order valence-corrected chi connectivity index (χ4v) is 2.76. The van der Waals surface area contributed by atoms with Gasteiger partial charge in [0.15, 0.2) is 0 Å². The average molecular weight is 281 g/mol. The van der Waals surface area contributed by atoms with Gasteiger partial charge in [-0.3, -0.25) is 4.79 Å². The van der Waals surface area contributed by atoms with Crippen molar-refractivity contribution in [3.8, 4) is 0 Å². The number of piperidine rings is 1. The van der Waals surface area contributed by atoms with Gasteiger partial charge in [0.2, 0.25) is 0 Å². The lowest BCUT2D eigenvalue weighted by Crippen LogP contribution is -2.42. The molecule has 3 nitrogen and oxygen atoms in total. The Balaban J connectivity index is 2.28. The molecule has 0 saturated carbocycles. The second-order valence-electron chi connectivity index (χ2n) is 5.06. The van der Waals surface area contributed by atoms with E-state index < -0.39 is 0 Å². The molecule has 0 radical (unpaired) electrons. The van der Waals surface area contributed by atoms with Crippen molar-refractivity contribution in [2.24, 2.45) is 0 Å². The fraction of sp³-hybridized carbons (Fsp3) is 0.533. The van der Waals surface area contributed by atoms with E-state index in [9.17, 15) is 4.79 Å². The highest BCUT2D eigenvalue weighted by Gasteiger charge is 2.25. The molecule has 1 unspecified atom stereocenters. The van der Waals surface area contributed by atoms with Gasteiger partial charge in [0.25, 0.3) is 5.91 Å². The molecule has 2 rings (SSSR count). The maximum atomic E-state index is 12.7. The molecule has 4 heteroatoms. The molecule has 0 aromatic heterocycles.